The summed E-state index contributed by atoms with van der Waals surface area (Å²) < 4.78 is 0. The van der Waals surface area contributed by atoms with Crippen LogP contribution < -0.4 is 16.6 Å². The highest BCUT2D eigenvalue weighted by atomic mass is 32.2. The Balaban J connectivity index is 1.96. The standard InChI is InChI=1S/C10H17N7O2S/c11-15-10-8(17(18)19)9(13-7-14-10)12-1-2-16-3-5-20-6-4-16/h7H,1-6,11H2,(H2,12,13,14,15). The SMILES string of the molecule is NNc1ncnc(NCCN2CCSCC2)c1[N+](=O)[O-]. The molecule has 1 fully saturated rings. The van der Waals surface area contributed by atoms with Crippen LogP contribution in [0.5, 0.6) is 0 Å². The van der Waals surface area contributed by atoms with Crippen LogP contribution in [0.15, 0.2) is 6.33 Å². The van der Waals surface area contributed by atoms with Gasteiger partial charge in [0.1, 0.15) is 6.33 Å². The van der Waals surface area contributed by atoms with Crippen molar-refractivity contribution in [2.45, 2.75) is 0 Å². The zero-order valence-electron chi connectivity index (χ0n) is 10.9. The lowest BCUT2D eigenvalue weighted by molar-refractivity contribution is -0.383. The number of nitrogens with two attached hydrogens (primary N) is 1. The van der Waals surface area contributed by atoms with Crippen LogP contribution in [0.3, 0.4) is 0 Å². The summed E-state index contributed by atoms with van der Waals surface area (Å²) in [6, 6.07) is 0. The van der Waals surface area contributed by atoms with E-state index in [1.165, 1.54) is 6.33 Å². The van der Waals surface area contributed by atoms with Gasteiger partial charge in [0.15, 0.2) is 0 Å². The van der Waals surface area contributed by atoms with Gasteiger partial charge in [-0.25, -0.2) is 15.8 Å². The van der Waals surface area contributed by atoms with Crippen molar-refractivity contribution in [2.24, 2.45) is 5.84 Å². The van der Waals surface area contributed by atoms with Gasteiger partial charge in [-0.3, -0.25) is 15.0 Å². The minimum absolute atomic E-state index is 0.00173. The van der Waals surface area contributed by atoms with E-state index in [1.54, 1.807) is 0 Å². The molecule has 1 aliphatic heterocycles. The van der Waals surface area contributed by atoms with Crippen LogP contribution in [-0.4, -0.2) is 57.5 Å². The summed E-state index contributed by atoms with van der Waals surface area (Å²) in [5.74, 6) is 7.67. The van der Waals surface area contributed by atoms with E-state index < -0.39 is 4.92 Å². The molecule has 4 N–H and O–H groups in total. The predicted octanol–water partition coefficient (Wildman–Crippen LogP) is 0.131. The molecule has 1 aromatic heterocycles. The van der Waals surface area contributed by atoms with E-state index in [0.717, 1.165) is 31.1 Å². The summed E-state index contributed by atoms with van der Waals surface area (Å²) in [6.07, 6.45) is 1.24. The number of rotatable bonds is 6. The highest BCUT2D eigenvalue weighted by molar-refractivity contribution is 7.99. The average Bonchev–Trinajstić information content (AvgIpc) is 2.47. The number of hydrogen-bond acceptors (Lipinski definition) is 9. The molecule has 0 aliphatic carbocycles. The molecule has 9 nitrogen and oxygen atoms in total. The lowest BCUT2D eigenvalue weighted by atomic mass is 10.4. The Morgan fingerprint density at radius 1 is 1.40 bits per heavy atom. The van der Waals surface area contributed by atoms with Crippen molar-refractivity contribution in [1.29, 1.82) is 0 Å². The lowest BCUT2D eigenvalue weighted by Gasteiger charge is -2.26. The summed E-state index contributed by atoms with van der Waals surface area (Å²) in [5, 5.41) is 14.0. The van der Waals surface area contributed by atoms with E-state index in [-0.39, 0.29) is 17.3 Å². The first-order valence-electron chi connectivity index (χ1n) is 6.22. The maximum atomic E-state index is 11.0. The number of nitro groups is 1. The van der Waals surface area contributed by atoms with Gasteiger partial charge >= 0.3 is 5.69 Å². The van der Waals surface area contributed by atoms with E-state index in [0.29, 0.717) is 6.54 Å². The van der Waals surface area contributed by atoms with E-state index in [9.17, 15) is 10.1 Å². The average molecular weight is 299 g/mol. The van der Waals surface area contributed by atoms with Crippen LogP contribution in [0.2, 0.25) is 0 Å². The van der Waals surface area contributed by atoms with Gasteiger partial charge in [0.2, 0.25) is 11.6 Å². The molecule has 0 radical (unpaired) electrons. The highest BCUT2D eigenvalue weighted by Gasteiger charge is 2.22. The molecule has 20 heavy (non-hydrogen) atoms. The Bertz CT molecular complexity index is 467. The van der Waals surface area contributed by atoms with Gasteiger partial charge in [-0.05, 0) is 0 Å². The molecule has 110 valence electrons. The second-order valence-corrected chi connectivity index (χ2v) is 5.43. The molecule has 2 rings (SSSR count). The van der Waals surface area contributed by atoms with Gasteiger partial charge in [0.05, 0.1) is 4.92 Å². The van der Waals surface area contributed by atoms with Gasteiger partial charge in [-0.15, -0.1) is 0 Å². The van der Waals surface area contributed by atoms with Crippen molar-refractivity contribution in [3.8, 4) is 0 Å². The van der Waals surface area contributed by atoms with Crippen LogP contribution in [0.1, 0.15) is 0 Å². The third kappa shape index (κ3) is 3.68. The number of nitrogen functional groups attached to an aromatic ring is 1. The molecular formula is C10H17N7O2S. The third-order valence-corrected chi connectivity index (χ3v) is 3.91. The Labute approximate surface area is 120 Å². The van der Waals surface area contributed by atoms with Crippen molar-refractivity contribution < 1.29 is 4.92 Å². The maximum Gasteiger partial charge on any atom is 0.354 e. The molecule has 0 atom stereocenters. The first kappa shape index (κ1) is 14.8. The molecule has 1 saturated heterocycles. The van der Waals surface area contributed by atoms with E-state index in [1.807, 2.05) is 11.8 Å². The van der Waals surface area contributed by atoms with Crippen LogP contribution in [0.25, 0.3) is 0 Å². The molecule has 0 aromatic carbocycles. The molecule has 0 spiro atoms. The monoisotopic (exact) mass is 299 g/mol. The zero-order valence-corrected chi connectivity index (χ0v) is 11.7. The first-order chi connectivity index (χ1) is 9.72. The Morgan fingerprint density at radius 2 is 2.10 bits per heavy atom. The number of nitrogens with one attached hydrogen (secondary N) is 2. The Hall–Kier alpha value is -1.65. The number of thioether (sulfide) groups is 1. The van der Waals surface area contributed by atoms with E-state index in [2.05, 4.69) is 25.6 Å². The maximum absolute atomic E-state index is 11.0. The number of nitrogens with zero attached hydrogens (tertiary/aromatic N) is 4. The Kier molecular flexibility index (Phi) is 5.32. The van der Waals surface area contributed by atoms with Gasteiger partial charge in [-0.2, -0.15) is 11.8 Å². The first-order valence-corrected chi connectivity index (χ1v) is 7.38. The van der Waals surface area contributed by atoms with Crippen molar-refractivity contribution in [1.82, 2.24) is 14.9 Å². The molecule has 2 heterocycles. The minimum Gasteiger partial charge on any atom is -0.363 e. The van der Waals surface area contributed by atoms with Crippen LogP contribution in [0, 0.1) is 10.1 Å². The smallest absolute Gasteiger partial charge is 0.354 e. The molecule has 1 aromatic rings. The molecular weight excluding hydrogens is 282 g/mol. The topological polar surface area (TPSA) is 122 Å². The zero-order chi connectivity index (χ0) is 14.4. The fraction of sp³-hybridized carbons (Fsp3) is 0.600. The van der Waals surface area contributed by atoms with Crippen molar-refractivity contribution in [3.63, 3.8) is 0 Å². The molecule has 0 saturated carbocycles. The van der Waals surface area contributed by atoms with Gasteiger partial charge in [0.25, 0.3) is 0 Å². The minimum atomic E-state index is -0.547. The van der Waals surface area contributed by atoms with Crippen LogP contribution in [0.4, 0.5) is 17.3 Å². The molecule has 0 unspecified atom stereocenters. The second-order valence-electron chi connectivity index (χ2n) is 4.20. The summed E-state index contributed by atoms with van der Waals surface area (Å²) in [6.45, 7) is 3.52. The molecule has 1 aliphatic rings. The van der Waals surface area contributed by atoms with Crippen LogP contribution in [-0.2, 0) is 0 Å². The third-order valence-electron chi connectivity index (χ3n) is 2.97. The fourth-order valence-corrected chi connectivity index (χ4v) is 2.92. The molecule has 0 bridgehead atoms. The van der Waals surface area contributed by atoms with Crippen molar-refractivity contribution >= 4 is 29.1 Å². The summed E-state index contributed by atoms with van der Waals surface area (Å²) in [7, 11) is 0. The lowest BCUT2D eigenvalue weighted by Crippen LogP contribution is -2.36. The van der Waals surface area contributed by atoms with Crippen LogP contribution >= 0.6 is 11.8 Å². The number of hydrazine groups is 1. The summed E-state index contributed by atoms with van der Waals surface area (Å²) in [5.41, 5.74) is 1.98. The van der Waals surface area contributed by atoms with E-state index in [4.69, 9.17) is 5.84 Å². The largest absolute Gasteiger partial charge is 0.363 e. The van der Waals surface area contributed by atoms with Gasteiger partial charge in [0, 0.05) is 37.7 Å². The number of aromatic nitrogens is 2. The number of anilines is 2. The molecule has 10 heteroatoms. The summed E-state index contributed by atoms with van der Waals surface area (Å²) >= 11 is 1.95. The second kappa shape index (κ2) is 7.22. The van der Waals surface area contributed by atoms with E-state index >= 15 is 0 Å². The quantitative estimate of drug-likeness (QED) is 0.382. The Morgan fingerprint density at radius 3 is 2.75 bits per heavy atom. The van der Waals surface area contributed by atoms with Crippen molar-refractivity contribution in [3.05, 3.63) is 16.4 Å². The van der Waals surface area contributed by atoms with Crippen molar-refractivity contribution in [2.75, 3.05) is 48.4 Å². The number of hydrogen-bond donors (Lipinski definition) is 3. The fourth-order valence-electron chi connectivity index (χ4n) is 1.94. The van der Waals surface area contributed by atoms with Gasteiger partial charge < -0.3 is 10.7 Å². The summed E-state index contributed by atoms with van der Waals surface area (Å²) in [4.78, 5) is 20.5. The molecule has 0 amide bonds. The highest BCUT2D eigenvalue weighted by Crippen LogP contribution is 2.27. The normalized spacial score (nSPS) is 15.8. The predicted molar refractivity (Wildman–Crippen MR) is 78.8 cm³/mol. The van der Waals surface area contributed by atoms with Gasteiger partial charge in [-0.1, -0.05) is 0 Å².